The Morgan fingerprint density at radius 2 is 1.88 bits per heavy atom. The second kappa shape index (κ2) is 7.63. The van der Waals surface area contributed by atoms with E-state index in [1.165, 1.54) is 44.4 Å². The predicted octanol–water partition coefficient (Wildman–Crippen LogP) is 3.43. The van der Waals surface area contributed by atoms with Gasteiger partial charge in [-0.05, 0) is 24.3 Å². The number of nitrogens with zero attached hydrogens (tertiary/aromatic N) is 1. The molecule has 0 aliphatic heterocycles. The highest BCUT2D eigenvalue weighted by molar-refractivity contribution is 6.34. The molecule has 0 saturated heterocycles. The average molecular weight is 365 g/mol. The van der Waals surface area contributed by atoms with Gasteiger partial charge in [-0.3, -0.25) is 19.7 Å². The fourth-order valence-corrected chi connectivity index (χ4v) is 2.13. The number of non-ortho nitro benzene ring substituents is 1. The fraction of sp³-hybridized carbons (Fsp3) is 0.125. The monoisotopic (exact) mass is 364 g/mol. The first-order valence-electron chi connectivity index (χ1n) is 6.93. The molecule has 0 radical (unpaired) electrons. The molecule has 0 aromatic heterocycles. The minimum Gasteiger partial charge on any atom is -0.493 e. The lowest BCUT2D eigenvalue weighted by atomic mass is 10.1. The second-order valence-electron chi connectivity index (χ2n) is 4.83. The quantitative estimate of drug-likeness (QED) is 0.377. The highest BCUT2D eigenvalue weighted by atomic mass is 35.5. The van der Waals surface area contributed by atoms with Crippen molar-refractivity contribution in [1.82, 2.24) is 0 Å². The number of nitro groups is 1. The first-order chi connectivity index (χ1) is 11.8. The van der Waals surface area contributed by atoms with Gasteiger partial charge in [-0.15, -0.1) is 0 Å². The van der Waals surface area contributed by atoms with Gasteiger partial charge in [-0.2, -0.15) is 0 Å². The van der Waals surface area contributed by atoms with Crippen molar-refractivity contribution in [3.05, 3.63) is 57.1 Å². The van der Waals surface area contributed by atoms with Gasteiger partial charge >= 0.3 is 5.97 Å². The normalized spacial score (nSPS) is 10.0. The molecule has 2 aromatic carbocycles. The lowest BCUT2D eigenvalue weighted by Gasteiger charge is -2.11. The molecule has 0 spiro atoms. The molecule has 0 heterocycles. The maximum absolute atomic E-state index is 12.3. The fourth-order valence-electron chi connectivity index (χ4n) is 1.97. The Kier molecular flexibility index (Phi) is 5.56. The molecule has 8 nitrogen and oxygen atoms in total. The Morgan fingerprint density at radius 1 is 1.16 bits per heavy atom. The third kappa shape index (κ3) is 4.45. The molecule has 1 N–H and O–H groups in total. The number of hydrogen-bond donors (Lipinski definition) is 1. The Morgan fingerprint density at radius 3 is 2.48 bits per heavy atom. The summed E-state index contributed by atoms with van der Waals surface area (Å²) in [5, 5.41) is 13.5. The molecule has 25 heavy (non-hydrogen) atoms. The summed E-state index contributed by atoms with van der Waals surface area (Å²) in [4.78, 5) is 33.6. The van der Waals surface area contributed by atoms with E-state index in [0.29, 0.717) is 0 Å². The lowest BCUT2D eigenvalue weighted by molar-refractivity contribution is -0.384. The lowest BCUT2D eigenvalue weighted by Crippen LogP contribution is -2.13. The number of ether oxygens (including phenoxy) is 2. The van der Waals surface area contributed by atoms with E-state index in [0.717, 1.165) is 6.07 Å². The van der Waals surface area contributed by atoms with Gasteiger partial charge in [0.2, 0.25) is 0 Å². The molecule has 0 fully saturated rings. The van der Waals surface area contributed by atoms with Gasteiger partial charge in [0.05, 0.1) is 22.7 Å². The van der Waals surface area contributed by atoms with Crippen LogP contribution in [0, 0.1) is 10.1 Å². The van der Waals surface area contributed by atoms with Crippen molar-refractivity contribution in [3.8, 4) is 11.5 Å². The van der Waals surface area contributed by atoms with Gasteiger partial charge in [0.1, 0.15) is 0 Å². The van der Waals surface area contributed by atoms with Gasteiger partial charge < -0.3 is 14.8 Å². The molecule has 2 rings (SSSR count). The zero-order valence-corrected chi connectivity index (χ0v) is 14.0. The third-order valence-corrected chi connectivity index (χ3v) is 3.42. The number of carbonyl (C=O) groups is 2. The number of methoxy groups -OCH3 is 1. The number of esters is 1. The Balaban J connectivity index is 2.28. The van der Waals surface area contributed by atoms with Crippen molar-refractivity contribution in [2.75, 3.05) is 12.4 Å². The standard InChI is InChI=1S/C16H13ClN2O6/c1-9(20)25-14-6-3-10(7-15(14)24-2)16(21)18-13-8-11(19(22)23)4-5-12(13)17/h3-8H,1-2H3,(H,18,21). The number of rotatable bonds is 5. The summed E-state index contributed by atoms with van der Waals surface area (Å²) < 4.78 is 10.0. The largest absolute Gasteiger partial charge is 0.493 e. The number of anilines is 1. The maximum Gasteiger partial charge on any atom is 0.308 e. The van der Waals surface area contributed by atoms with Crippen molar-refractivity contribution in [1.29, 1.82) is 0 Å². The molecular weight excluding hydrogens is 352 g/mol. The first-order valence-corrected chi connectivity index (χ1v) is 7.31. The van der Waals surface area contributed by atoms with Crippen LogP contribution < -0.4 is 14.8 Å². The van der Waals surface area contributed by atoms with Crippen molar-refractivity contribution in [2.45, 2.75) is 6.92 Å². The van der Waals surface area contributed by atoms with Crippen LogP contribution in [0.4, 0.5) is 11.4 Å². The number of benzene rings is 2. The molecule has 0 unspecified atom stereocenters. The first kappa shape index (κ1) is 18.2. The van der Waals surface area contributed by atoms with Crippen LogP contribution in [0.1, 0.15) is 17.3 Å². The number of amides is 1. The van der Waals surface area contributed by atoms with E-state index in [4.69, 9.17) is 21.1 Å². The van der Waals surface area contributed by atoms with E-state index < -0.39 is 16.8 Å². The van der Waals surface area contributed by atoms with Crippen molar-refractivity contribution in [3.63, 3.8) is 0 Å². The zero-order valence-electron chi connectivity index (χ0n) is 13.2. The Labute approximate surface area is 147 Å². The van der Waals surface area contributed by atoms with E-state index >= 15 is 0 Å². The number of nitrogens with one attached hydrogen (secondary N) is 1. The third-order valence-electron chi connectivity index (χ3n) is 3.09. The summed E-state index contributed by atoms with van der Waals surface area (Å²) in [5.74, 6) is -0.734. The summed E-state index contributed by atoms with van der Waals surface area (Å²) in [5.41, 5.74) is 0.0849. The Bertz CT molecular complexity index is 853. The smallest absolute Gasteiger partial charge is 0.308 e. The van der Waals surface area contributed by atoms with Gasteiger partial charge in [-0.25, -0.2) is 0 Å². The van der Waals surface area contributed by atoms with Crippen LogP contribution >= 0.6 is 11.6 Å². The van der Waals surface area contributed by atoms with Crippen LogP contribution in [0.5, 0.6) is 11.5 Å². The van der Waals surface area contributed by atoms with E-state index in [2.05, 4.69) is 5.32 Å². The van der Waals surface area contributed by atoms with Gasteiger partial charge in [0, 0.05) is 24.6 Å². The summed E-state index contributed by atoms with van der Waals surface area (Å²) in [7, 11) is 1.36. The van der Waals surface area contributed by atoms with E-state index in [-0.39, 0.29) is 33.5 Å². The Hall–Kier alpha value is -3.13. The molecular formula is C16H13ClN2O6. The van der Waals surface area contributed by atoms with Gasteiger partial charge in [0.15, 0.2) is 11.5 Å². The molecule has 1 amide bonds. The van der Waals surface area contributed by atoms with Crippen LogP contribution in [0.2, 0.25) is 5.02 Å². The number of hydrogen-bond acceptors (Lipinski definition) is 6. The maximum atomic E-state index is 12.3. The second-order valence-corrected chi connectivity index (χ2v) is 5.24. The number of carbonyl (C=O) groups excluding carboxylic acids is 2. The summed E-state index contributed by atoms with van der Waals surface area (Å²) in [6.45, 7) is 1.24. The average Bonchev–Trinajstić information content (AvgIpc) is 2.56. The van der Waals surface area contributed by atoms with Crippen LogP contribution in [0.25, 0.3) is 0 Å². The molecule has 0 saturated carbocycles. The van der Waals surface area contributed by atoms with Crippen LogP contribution in [-0.4, -0.2) is 23.9 Å². The highest BCUT2D eigenvalue weighted by Crippen LogP contribution is 2.30. The van der Waals surface area contributed by atoms with Crippen LogP contribution in [-0.2, 0) is 4.79 Å². The molecule has 0 aliphatic carbocycles. The van der Waals surface area contributed by atoms with E-state index in [9.17, 15) is 19.7 Å². The molecule has 0 atom stereocenters. The number of halogens is 1. The molecule has 2 aromatic rings. The summed E-state index contributed by atoms with van der Waals surface area (Å²) in [6.07, 6.45) is 0. The highest BCUT2D eigenvalue weighted by Gasteiger charge is 2.16. The van der Waals surface area contributed by atoms with Crippen molar-refractivity contribution < 1.29 is 24.0 Å². The minimum absolute atomic E-state index is 0.101. The molecule has 0 aliphatic rings. The summed E-state index contributed by atoms with van der Waals surface area (Å²) in [6, 6.07) is 7.91. The minimum atomic E-state index is -0.594. The van der Waals surface area contributed by atoms with Gasteiger partial charge in [0.25, 0.3) is 11.6 Å². The predicted molar refractivity (Wildman–Crippen MR) is 90.4 cm³/mol. The van der Waals surface area contributed by atoms with Crippen LogP contribution in [0.3, 0.4) is 0 Å². The van der Waals surface area contributed by atoms with Crippen molar-refractivity contribution >= 4 is 34.9 Å². The topological polar surface area (TPSA) is 108 Å². The van der Waals surface area contributed by atoms with Crippen LogP contribution in [0.15, 0.2) is 36.4 Å². The summed E-state index contributed by atoms with van der Waals surface area (Å²) >= 11 is 5.95. The zero-order chi connectivity index (χ0) is 18.6. The number of nitro benzene ring substituents is 1. The van der Waals surface area contributed by atoms with E-state index in [1.54, 1.807) is 0 Å². The molecule has 0 bridgehead atoms. The van der Waals surface area contributed by atoms with E-state index in [1.807, 2.05) is 0 Å². The molecule has 9 heteroatoms. The van der Waals surface area contributed by atoms with Crippen molar-refractivity contribution in [2.24, 2.45) is 0 Å². The van der Waals surface area contributed by atoms with Gasteiger partial charge in [-0.1, -0.05) is 11.6 Å². The SMILES string of the molecule is COc1cc(C(=O)Nc2cc([N+](=O)[O-])ccc2Cl)ccc1OC(C)=O. The molecule has 130 valence electrons.